The highest BCUT2D eigenvalue weighted by molar-refractivity contribution is 7.98. The first-order valence-electron chi connectivity index (χ1n) is 10.7. The number of thioether (sulfide) groups is 1. The molecule has 168 valence electrons. The van der Waals surface area contributed by atoms with Crippen LogP contribution >= 0.6 is 23.4 Å². The summed E-state index contributed by atoms with van der Waals surface area (Å²) in [6.45, 7) is 4.21. The zero-order chi connectivity index (χ0) is 23.4. The summed E-state index contributed by atoms with van der Waals surface area (Å²) in [7, 11) is 0. The van der Waals surface area contributed by atoms with E-state index in [9.17, 15) is 9.59 Å². The van der Waals surface area contributed by atoms with Crippen molar-refractivity contribution in [3.8, 4) is 0 Å². The Labute approximate surface area is 201 Å². The highest BCUT2D eigenvalue weighted by Crippen LogP contribution is 2.24. The predicted molar refractivity (Wildman–Crippen MR) is 135 cm³/mol. The predicted octanol–water partition coefficient (Wildman–Crippen LogP) is 5.53. The fourth-order valence-electron chi connectivity index (χ4n) is 3.46. The van der Waals surface area contributed by atoms with Crippen molar-refractivity contribution < 1.29 is 4.79 Å². The maximum absolute atomic E-state index is 13.3. The molecule has 4 aromatic rings. The number of rotatable bonds is 7. The van der Waals surface area contributed by atoms with Crippen molar-refractivity contribution in [1.29, 1.82) is 0 Å². The third-order valence-corrected chi connectivity index (χ3v) is 6.34. The number of benzene rings is 3. The van der Waals surface area contributed by atoms with Gasteiger partial charge in [-0.2, -0.15) is 0 Å². The van der Waals surface area contributed by atoms with Gasteiger partial charge in [0.25, 0.3) is 11.5 Å². The second-order valence-electron chi connectivity index (χ2n) is 8.05. The number of hydrogen-bond acceptors (Lipinski definition) is 4. The molecule has 0 saturated carbocycles. The van der Waals surface area contributed by atoms with E-state index in [1.54, 1.807) is 22.8 Å². The first-order chi connectivity index (χ1) is 15.9. The van der Waals surface area contributed by atoms with Gasteiger partial charge in [-0.05, 0) is 61.4 Å². The molecule has 0 aliphatic rings. The maximum Gasteiger partial charge on any atom is 0.262 e. The minimum Gasteiger partial charge on any atom is -0.350 e. The summed E-state index contributed by atoms with van der Waals surface area (Å²) < 4.78 is 1.70. The molecule has 0 unspecified atom stereocenters. The SMILES string of the molecule is CC(C)NC(=O)c1ccc(Cn2c(SCc3cccc(Cl)c3)nc3ccccc3c2=O)cc1. The Morgan fingerprint density at radius 2 is 1.79 bits per heavy atom. The van der Waals surface area contributed by atoms with Crippen LogP contribution in [0.15, 0.2) is 82.7 Å². The standard InChI is InChI=1S/C26H24ClN3O2S/c1-17(2)28-24(31)20-12-10-18(11-13-20)15-30-25(32)22-8-3-4-9-23(22)29-26(30)33-16-19-6-5-7-21(27)14-19/h3-14,17H,15-16H2,1-2H3,(H,28,31). The van der Waals surface area contributed by atoms with Gasteiger partial charge in [0, 0.05) is 22.4 Å². The lowest BCUT2D eigenvalue weighted by Gasteiger charge is -2.14. The lowest BCUT2D eigenvalue weighted by Crippen LogP contribution is -2.30. The number of para-hydroxylation sites is 1. The third-order valence-electron chi connectivity index (χ3n) is 5.06. The monoisotopic (exact) mass is 477 g/mol. The van der Waals surface area contributed by atoms with Gasteiger partial charge >= 0.3 is 0 Å². The summed E-state index contributed by atoms with van der Waals surface area (Å²) in [5, 5.41) is 4.79. The van der Waals surface area contributed by atoms with Crippen molar-refractivity contribution in [3.05, 3.63) is 105 Å². The van der Waals surface area contributed by atoms with E-state index >= 15 is 0 Å². The number of nitrogens with one attached hydrogen (secondary N) is 1. The van der Waals surface area contributed by atoms with E-state index in [0.29, 0.717) is 38.9 Å². The molecule has 1 N–H and O–H groups in total. The van der Waals surface area contributed by atoms with Crippen molar-refractivity contribution in [3.63, 3.8) is 0 Å². The molecule has 7 heteroatoms. The first-order valence-corrected chi connectivity index (χ1v) is 12.0. The van der Waals surface area contributed by atoms with Crippen LogP contribution in [0.4, 0.5) is 0 Å². The topological polar surface area (TPSA) is 64.0 Å². The summed E-state index contributed by atoms with van der Waals surface area (Å²) >= 11 is 7.62. The molecule has 0 aliphatic carbocycles. The lowest BCUT2D eigenvalue weighted by molar-refractivity contribution is 0.0943. The van der Waals surface area contributed by atoms with Gasteiger partial charge in [-0.15, -0.1) is 0 Å². The van der Waals surface area contributed by atoms with Gasteiger partial charge in [0.2, 0.25) is 0 Å². The molecule has 1 amide bonds. The quantitative estimate of drug-likeness (QED) is 0.281. The molecular formula is C26H24ClN3O2S. The molecule has 1 aromatic heterocycles. The molecule has 0 spiro atoms. The summed E-state index contributed by atoms with van der Waals surface area (Å²) in [6, 6.07) is 22.4. The lowest BCUT2D eigenvalue weighted by atomic mass is 10.1. The van der Waals surface area contributed by atoms with Crippen molar-refractivity contribution in [2.75, 3.05) is 0 Å². The van der Waals surface area contributed by atoms with E-state index in [2.05, 4.69) is 5.32 Å². The molecule has 0 bridgehead atoms. The third kappa shape index (κ3) is 5.64. The van der Waals surface area contributed by atoms with Gasteiger partial charge in [0.15, 0.2) is 5.16 Å². The Bertz CT molecular complexity index is 1350. The average Bonchev–Trinajstić information content (AvgIpc) is 2.80. The summed E-state index contributed by atoms with van der Waals surface area (Å²) in [4.78, 5) is 30.4. The molecule has 5 nitrogen and oxygen atoms in total. The van der Waals surface area contributed by atoms with Gasteiger partial charge in [-0.25, -0.2) is 4.98 Å². The van der Waals surface area contributed by atoms with Gasteiger partial charge in [-0.3, -0.25) is 14.2 Å². The minimum atomic E-state index is -0.112. The molecule has 0 atom stereocenters. The average molecular weight is 478 g/mol. The highest BCUT2D eigenvalue weighted by atomic mass is 35.5. The molecule has 4 rings (SSSR count). The van der Waals surface area contributed by atoms with Crippen LogP contribution in [0, 0.1) is 0 Å². The molecule has 0 saturated heterocycles. The van der Waals surface area contributed by atoms with E-state index in [4.69, 9.17) is 16.6 Å². The van der Waals surface area contributed by atoms with Crippen LogP contribution in [0.1, 0.15) is 35.3 Å². The Morgan fingerprint density at radius 1 is 1.03 bits per heavy atom. The van der Waals surface area contributed by atoms with Crippen LogP contribution in [0.3, 0.4) is 0 Å². The molecule has 1 heterocycles. The largest absolute Gasteiger partial charge is 0.350 e. The zero-order valence-electron chi connectivity index (χ0n) is 18.4. The van der Waals surface area contributed by atoms with E-state index in [0.717, 1.165) is 11.1 Å². The Kier molecular flexibility index (Phi) is 7.16. The van der Waals surface area contributed by atoms with Crippen LogP contribution in [0.5, 0.6) is 0 Å². The van der Waals surface area contributed by atoms with Crippen LogP contribution < -0.4 is 10.9 Å². The number of halogens is 1. The Balaban J connectivity index is 1.65. The molecule has 0 aliphatic heterocycles. The number of amides is 1. The smallest absolute Gasteiger partial charge is 0.262 e. The van der Waals surface area contributed by atoms with E-state index < -0.39 is 0 Å². The summed E-state index contributed by atoms with van der Waals surface area (Å²) in [5.74, 6) is 0.526. The number of hydrogen-bond donors (Lipinski definition) is 1. The molecular weight excluding hydrogens is 454 g/mol. The van der Waals surface area contributed by atoms with Gasteiger partial charge in [0.1, 0.15) is 0 Å². The van der Waals surface area contributed by atoms with Crippen LogP contribution in [-0.4, -0.2) is 21.5 Å². The molecule has 0 fully saturated rings. The normalized spacial score (nSPS) is 11.2. The first kappa shape index (κ1) is 23.1. The van der Waals surface area contributed by atoms with Gasteiger partial charge in [-0.1, -0.05) is 59.8 Å². The zero-order valence-corrected chi connectivity index (χ0v) is 20.0. The van der Waals surface area contributed by atoms with E-state index in [1.807, 2.05) is 68.4 Å². The minimum absolute atomic E-state index is 0.0681. The fraction of sp³-hybridized carbons (Fsp3) is 0.192. The van der Waals surface area contributed by atoms with Crippen molar-refractivity contribution in [1.82, 2.24) is 14.9 Å². The molecule has 33 heavy (non-hydrogen) atoms. The van der Waals surface area contributed by atoms with Crippen LogP contribution in [0.2, 0.25) is 5.02 Å². The van der Waals surface area contributed by atoms with Crippen LogP contribution in [-0.2, 0) is 12.3 Å². The second-order valence-corrected chi connectivity index (χ2v) is 9.43. The summed E-state index contributed by atoms with van der Waals surface area (Å²) in [5.41, 5.74) is 3.15. The van der Waals surface area contributed by atoms with E-state index in [-0.39, 0.29) is 17.5 Å². The molecule has 3 aromatic carbocycles. The van der Waals surface area contributed by atoms with Crippen LogP contribution in [0.25, 0.3) is 10.9 Å². The highest BCUT2D eigenvalue weighted by Gasteiger charge is 2.13. The number of carbonyl (C=O) groups is 1. The number of nitrogens with zero attached hydrogens (tertiary/aromatic N) is 2. The maximum atomic E-state index is 13.3. The van der Waals surface area contributed by atoms with Crippen molar-refractivity contribution in [2.24, 2.45) is 0 Å². The van der Waals surface area contributed by atoms with E-state index in [1.165, 1.54) is 11.8 Å². The van der Waals surface area contributed by atoms with Crippen molar-refractivity contribution >= 4 is 40.2 Å². The second kappa shape index (κ2) is 10.2. The number of carbonyl (C=O) groups excluding carboxylic acids is 1. The summed E-state index contributed by atoms with van der Waals surface area (Å²) in [6.07, 6.45) is 0. The fourth-order valence-corrected chi connectivity index (χ4v) is 4.62. The number of aromatic nitrogens is 2. The Hall–Kier alpha value is -3.09. The van der Waals surface area contributed by atoms with Gasteiger partial charge in [0.05, 0.1) is 17.4 Å². The van der Waals surface area contributed by atoms with Gasteiger partial charge < -0.3 is 5.32 Å². The van der Waals surface area contributed by atoms with Crippen molar-refractivity contribution in [2.45, 2.75) is 37.3 Å². The number of fused-ring (bicyclic) bond motifs is 1. The Morgan fingerprint density at radius 3 is 2.52 bits per heavy atom. The molecule has 0 radical (unpaired) electrons.